The fourth-order valence-electron chi connectivity index (χ4n) is 1.24. The van der Waals surface area contributed by atoms with Crippen molar-refractivity contribution in [3.63, 3.8) is 0 Å². The number of carbonyl (C=O) groups is 2. The van der Waals surface area contributed by atoms with Gasteiger partial charge in [0.1, 0.15) is 0 Å². The van der Waals surface area contributed by atoms with Gasteiger partial charge < -0.3 is 15.4 Å². The van der Waals surface area contributed by atoms with Gasteiger partial charge in [0.25, 0.3) is 0 Å². The third kappa shape index (κ3) is 4.63. The van der Waals surface area contributed by atoms with Gasteiger partial charge in [0, 0.05) is 18.1 Å². The van der Waals surface area contributed by atoms with Crippen LogP contribution < -0.4 is 10.6 Å². The third-order valence-electron chi connectivity index (χ3n) is 2.03. The van der Waals surface area contributed by atoms with E-state index in [0.29, 0.717) is 30.3 Å². The Bertz CT molecular complexity index is 406. The zero-order chi connectivity index (χ0) is 13.4. The first-order valence-electron chi connectivity index (χ1n) is 5.55. The largest absolute Gasteiger partial charge is 0.462 e. The molecule has 0 aliphatic rings. The SMILES string of the molecule is CCOC(=O)c1ccc(NC(=O)NCCCl)cc1. The summed E-state index contributed by atoms with van der Waals surface area (Å²) in [6.07, 6.45) is 0. The lowest BCUT2D eigenvalue weighted by Gasteiger charge is -2.07. The molecule has 0 aliphatic heterocycles. The average Bonchev–Trinajstić information content (AvgIpc) is 2.37. The molecule has 6 heteroatoms. The summed E-state index contributed by atoms with van der Waals surface area (Å²) in [7, 11) is 0. The molecule has 0 fully saturated rings. The number of rotatable bonds is 5. The average molecular weight is 271 g/mol. The zero-order valence-corrected chi connectivity index (χ0v) is 10.8. The van der Waals surface area contributed by atoms with Crippen molar-refractivity contribution in [2.24, 2.45) is 0 Å². The molecule has 0 radical (unpaired) electrons. The Morgan fingerprint density at radius 1 is 1.28 bits per heavy atom. The van der Waals surface area contributed by atoms with Gasteiger partial charge in [-0.2, -0.15) is 0 Å². The van der Waals surface area contributed by atoms with E-state index in [1.165, 1.54) is 0 Å². The highest BCUT2D eigenvalue weighted by atomic mass is 35.5. The first-order chi connectivity index (χ1) is 8.67. The molecule has 0 saturated heterocycles. The summed E-state index contributed by atoms with van der Waals surface area (Å²) in [4.78, 5) is 22.7. The lowest BCUT2D eigenvalue weighted by molar-refractivity contribution is 0.0526. The van der Waals surface area contributed by atoms with Crippen LogP contribution in [0.3, 0.4) is 0 Å². The molecule has 0 spiro atoms. The summed E-state index contributed by atoms with van der Waals surface area (Å²) in [6, 6.07) is 6.11. The van der Waals surface area contributed by atoms with Gasteiger partial charge in [0.05, 0.1) is 12.2 Å². The highest BCUT2D eigenvalue weighted by Crippen LogP contribution is 2.10. The third-order valence-corrected chi connectivity index (χ3v) is 2.22. The molecular formula is C12H15ClN2O3. The van der Waals surface area contributed by atoms with Crippen LogP contribution in [0.15, 0.2) is 24.3 Å². The number of carbonyl (C=O) groups excluding carboxylic acids is 2. The number of urea groups is 1. The van der Waals surface area contributed by atoms with E-state index in [1.54, 1.807) is 31.2 Å². The normalized spacial score (nSPS) is 9.67. The van der Waals surface area contributed by atoms with Crippen LogP contribution in [0.5, 0.6) is 0 Å². The van der Waals surface area contributed by atoms with Gasteiger partial charge >= 0.3 is 12.0 Å². The van der Waals surface area contributed by atoms with Crippen LogP contribution >= 0.6 is 11.6 Å². The number of anilines is 1. The van der Waals surface area contributed by atoms with Crippen LogP contribution in [0.25, 0.3) is 0 Å². The molecule has 1 aromatic carbocycles. The number of hydrogen-bond donors (Lipinski definition) is 2. The van der Waals surface area contributed by atoms with Crippen LogP contribution in [0.2, 0.25) is 0 Å². The Kier molecular flexibility index (Phi) is 6.00. The smallest absolute Gasteiger partial charge is 0.338 e. The summed E-state index contributed by atoms with van der Waals surface area (Å²) in [5.74, 6) is -0.0227. The minimum Gasteiger partial charge on any atom is -0.462 e. The summed E-state index contributed by atoms with van der Waals surface area (Å²) in [6.45, 7) is 2.48. The minimum atomic E-state index is -0.379. The maximum absolute atomic E-state index is 11.4. The standard InChI is InChI=1S/C12H15ClN2O3/c1-2-18-11(16)9-3-5-10(6-4-9)15-12(17)14-8-7-13/h3-6H,2,7-8H2,1H3,(H2,14,15,17). The number of amides is 2. The van der Waals surface area contributed by atoms with Crippen molar-refractivity contribution in [3.8, 4) is 0 Å². The lowest BCUT2D eigenvalue weighted by Crippen LogP contribution is -2.30. The van der Waals surface area contributed by atoms with Crippen molar-refractivity contribution in [2.45, 2.75) is 6.92 Å². The van der Waals surface area contributed by atoms with Crippen molar-refractivity contribution in [2.75, 3.05) is 24.3 Å². The molecule has 0 aromatic heterocycles. The summed E-state index contributed by atoms with van der Waals surface area (Å²) < 4.78 is 4.85. The second-order valence-corrected chi connectivity index (χ2v) is 3.75. The first-order valence-corrected chi connectivity index (χ1v) is 6.08. The molecule has 0 aliphatic carbocycles. The molecule has 98 valence electrons. The maximum atomic E-state index is 11.4. The number of esters is 1. The van der Waals surface area contributed by atoms with Gasteiger partial charge in [-0.05, 0) is 31.2 Å². The predicted molar refractivity (Wildman–Crippen MR) is 70.1 cm³/mol. The van der Waals surface area contributed by atoms with Gasteiger partial charge in [-0.1, -0.05) is 0 Å². The first kappa shape index (κ1) is 14.3. The van der Waals surface area contributed by atoms with E-state index in [0.717, 1.165) is 0 Å². The molecule has 2 amide bonds. The van der Waals surface area contributed by atoms with Crippen LogP contribution in [-0.2, 0) is 4.74 Å². The lowest BCUT2D eigenvalue weighted by atomic mass is 10.2. The van der Waals surface area contributed by atoms with E-state index in [1.807, 2.05) is 0 Å². The Hall–Kier alpha value is -1.75. The van der Waals surface area contributed by atoms with E-state index in [2.05, 4.69) is 10.6 Å². The highest BCUT2D eigenvalue weighted by molar-refractivity contribution is 6.18. The van der Waals surface area contributed by atoms with Crippen LogP contribution in [0.1, 0.15) is 17.3 Å². The number of hydrogen-bond acceptors (Lipinski definition) is 3. The van der Waals surface area contributed by atoms with Crippen molar-refractivity contribution < 1.29 is 14.3 Å². The van der Waals surface area contributed by atoms with Crippen molar-refractivity contribution in [1.82, 2.24) is 5.32 Å². The molecule has 0 atom stereocenters. The van der Waals surface area contributed by atoms with Crippen LogP contribution in [0, 0.1) is 0 Å². The Labute approximate surface area is 110 Å². The van der Waals surface area contributed by atoms with Gasteiger partial charge in [-0.15, -0.1) is 11.6 Å². The molecule has 0 unspecified atom stereocenters. The van der Waals surface area contributed by atoms with Gasteiger partial charge in [-0.3, -0.25) is 0 Å². The van der Waals surface area contributed by atoms with E-state index in [9.17, 15) is 9.59 Å². The quantitative estimate of drug-likeness (QED) is 0.637. The van der Waals surface area contributed by atoms with Gasteiger partial charge in [-0.25, -0.2) is 9.59 Å². The molecular weight excluding hydrogens is 256 g/mol. The van der Waals surface area contributed by atoms with Gasteiger partial charge in [0.2, 0.25) is 0 Å². The number of benzene rings is 1. The molecule has 1 aromatic rings. The number of alkyl halides is 1. The van der Waals surface area contributed by atoms with Crippen molar-refractivity contribution >= 4 is 29.3 Å². The summed E-state index contributed by atoms with van der Waals surface area (Å²) >= 11 is 5.44. The number of ether oxygens (including phenoxy) is 1. The molecule has 18 heavy (non-hydrogen) atoms. The van der Waals surface area contributed by atoms with Crippen molar-refractivity contribution in [1.29, 1.82) is 0 Å². The predicted octanol–water partition coefficient (Wildman–Crippen LogP) is 2.22. The van der Waals surface area contributed by atoms with E-state index in [4.69, 9.17) is 16.3 Å². The fourth-order valence-corrected chi connectivity index (χ4v) is 1.33. The van der Waals surface area contributed by atoms with Crippen LogP contribution in [0.4, 0.5) is 10.5 Å². The molecule has 0 bridgehead atoms. The maximum Gasteiger partial charge on any atom is 0.338 e. The minimum absolute atomic E-state index is 0.333. The summed E-state index contributed by atoms with van der Waals surface area (Å²) in [5, 5.41) is 5.18. The monoisotopic (exact) mass is 270 g/mol. The molecule has 2 N–H and O–H groups in total. The number of halogens is 1. The highest BCUT2D eigenvalue weighted by Gasteiger charge is 2.06. The topological polar surface area (TPSA) is 67.4 Å². The van der Waals surface area contributed by atoms with E-state index in [-0.39, 0.29) is 12.0 Å². The second kappa shape index (κ2) is 7.55. The zero-order valence-electron chi connectivity index (χ0n) is 10.0. The summed E-state index contributed by atoms with van der Waals surface area (Å²) in [5.41, 5.74) is 1.04. The molecule has 0 saturated carbocycles. The fraction of sp³-hybridized carbons (Fsp3) is 0.333. The van der Waals surface area contributed by atoms with E-state index < -0.39 is 0 Å². The Balaban J connectivity index is 2.55. The Morgan fingerprint density at radius 2 is 1.94 bits per heavy atom. The molecule has 5 nitrogen and oxygen atoms in total. The molecule has 0 heterocycles. The van der Waals surface area contributed by atoms with Gasteiger partial charge in [0.15, 0.2) is 0 Å². The van der Waals surface area contributed by atoms with E-state index >= 15 is 0 Å². The second-order valence-electron chi connectivity index (χ2n) is 3.37. The number of nitrogens with one attached hydrogen (secondary N) is 2. The molecule has 1 rings (SSSR count). The Morgan fingerprint density at radius 3 is 2.50 bits per heavy atom. The van der Waals surface area contributed by atoms with Crippen LogP contribution in [-0.4, -0.2) is 31.0 Å². The van der Waals surface area contributed by atoms with Crippen molar-refractivity contribution in [3.05, 3.63) is 29.8 Å².